The standard InChI is InChI=1S/C14H21NO3/c16-12-8-4-1-3-7-11(12)14(18)15-10-6-2-5-9-13(15)17/h11H,1-10H2. The second-order valence-corrected chi connectivity index (χ2v) is 5.31. The summed E-state index contributed by atoms with van der Waals surface area (Å²) in [7, 11) is 0. The van der Waals surface area contributed by atoms with E-state index in [2.05, 4.69) is 0 Å². The highest BCUT2D eigenvalue weighted by Gasteiger charge is 2.34. The van der Waals surface area contributed by atoms with Crippen molar-refractivity contribution in [2.24, 2.45) is 5.92 Å². The number of imide groups is 1. The lowest BCUT2D eigenvalue weighted by molar-refractivity contribution is -0.149. The van der Waals surface area contributed by atoms with Gasteiger partial charge in [0.1, 0.15) is 5.78 Å². The van der Waals surface area contributed by atoms with Gasteiger partial charge in [-0.2, -0.15) is 0 Å². The van der Waals surface area contributed by atoms with Crippen molar-refractivity contribution in [2.75, 3.05) is 6.54 Å². The van der Waals surface area contributed by atoms with E-state index in [1.165, 1.54) is 4.90 Å². The molecule has 1 atom stereocenters. The van der Waals surface area contributed by atoms with Crippen LogP contribution in [0.5, 0.6) is 0 Å². The Bertz CT molecular complexity index is 319. The van der Waals surface area contributed by atoms with Crippen LogP contribution in [0.15, 0.2) is 0 Å². The maximum Gasteiger partial charge on any atom is 0.239 e. The number of carbonyl (C=O) groups is 3. The van der Waals surface area contributed by atoms with Crippen LogP contribution in [0.2, 0.25) is 0 Å². The Hall–Kier alpha value is -1.19. The molecule has 18 heavy (non-hydrogen) atoms. The van der Waals surface area contributed by atoms with Gasteiger partial charge in [0, 0.05) is 19.4 Å². The van der Waals surface area contributed by atoms with Crippen molar-refractivity contribution >= 4 is 17.6 Å². The third-order valence-electron chi connectivity index (χ3n) is 3.94. The van der Waals surface area contributed by atoms with Crippen LogP contribution in [0.25, 0.3) is 0 Å². The van der Waals surface area contributed by atoms with Crippen molar-refractivity contribution < 1.29 is 14.4 Å². The van der Waals surface area contributed by atoms with Gasteiger partial charge < -0.3 is 0 Å². The number of amides is 2. The normalized spacial score (nSPS) is 26.7. The number of hydrogen-bond donors (Lipinski definition) is 0. The van der Waals surface area contributed by atoms with Crippen molar-refractivity contribution in [1.82, 2.24) is 4.90 Å². The highest BCUT2D eigenvalue weighted by molar-refractivity contribution is 6.07. The minimum atomic E-state index is -0.547. The van der Waals surface area contributed by atoms with Crippen LogP contribution in [0.1, 0.15) is 57.8 Å². The molecule has 0 aromatic carbocycles. The van der Waals surface area contributed by atoms with Crippen LogP contribution < -0.4 is 0 Å². The van der Waals surface area contributed by atoms with Gasteiger partial charge in [0.15, 0.2) is 0 Å². The largest absolute Gasteiger partial charge is 0.299 e. The molecular formula is C14H21NO3. The Morgan fingerprint density at radius 1 is 0.944 bits per heavy atom. The molecule has 1 saturated heterocycles. The van der Waals surface area contributed by atoms with Crippen molar-refractivity contribution in [2.45, 2.75) is 57.8 Å². The molecule has 1 unspecified atom stereocenters. The zero-order valence-corrected chi connectivity index (χ0v) is 10.8. The Labute approximate surface area is 108 Å². The average molecular weight is 251 g/mol. The van der Waals surface area contributed by atoms with Gasteiger partial charge >= 0.3 is 0 Å². The molecule has 0 N–H and O–H groups in total. The fourth-order valence-electron chi connectivity index (χ4n) is 2.82. The van der Waals surface area contributed by atoms with Gasteiger partial charge in [0.25, 0.3) is 0 Å². The molecule has 1 saturated carbocycles. The molecular weight excluding hydrogens is 230 g/mol. The molecule has 1 heterocycles. The second kappa shape index (κ2) is 6.12. The molecule has 0 radical (unpaired) electrons. The van der Waals surface area contributed by atoms with Crippen LogP contribution in [-0.2, 0) is 14.4 Å². The van der Waals surface area contributed by atoms with Gasteiger partial charge in [-0.15, -0.1) is 0 Å². The molecule has 100 valence electrons. The van der Waals surface area contributed by atoms with E-state index in [1.54, 1.807) is 0 Å². The summed E-state index contributed by atoms with van der Waals surface area (Å²) in [5, 5.41) is 0. The maximum absolute atomic E-state index is 12.4. The fraction of sp³-hybridized carbons (Fsp3) is 0.786. The number of carbonyl (C=O) groups excluding carboxylic acids is 3. The molecule has 1 aliphatic heterocycles. The summed E-state index contributed by atoms with van der Waals surface area (Å²) < 4.78 is 0. The van der Waals surface area contributed by atoms with Crippen molar-refractivity contribution in [3.05, 3.63) is 0 Å². The van der Waals surface area contributed by atoms with Crippen molar-refractivity contribution in [1.29, 1.82) is 0 Å². The number of likely N-dealkylation sites (tertiary alicyclic amines) is 1. The molecule has 2 aliphatic rings. The van der Waals surface area contributed by atoms with E-state index in [9.17, 15) is 14.4 Å². The molecule has 0 bridgehead atoms. The molecule has 4 heteroatoms. The first-order valence-corrected chi connectivity index (χ1v) is 7.07. The van der Waals surface area contributed by atoms with Crippen LogP contribution in [0, 0.1) is 5.92 Å². The average Bonchev–Trinajstić information content (AvgIpc) is 2.69. The molecule has 0 aromatic rings. The van der Waals surface area contributed by atoms with Crippen LogP contribution >= 0.6 is 0 Å². The van der Waals surface area contributed by atoms with Gasteiger partial charge in [-0.05, 0) is 25.7 Å². The quantitative estimate of drug-likeness (QED) is 0.407. The first kappa shape index (κ1) is 13.2. The maximum atomic E-state index is 12.4. The molecule has 2 rings (SSSR count). The molecule has 2 fully saturated rings. The van der Waals surface area contributed by atoms with Crippen LogP contribution in [0.4, 0.5) is 0 Å². The van der Waals surface area contributed by atoms with Gasteiger partial charge in [0.2, 0.25) is 11.8 Å². The summed E-state index contributed by atoms with van der Waals surface area (Å²) in [6.07, 6.45) is 7.13. The van der Waals surface area contributed by atoms with E-state index in [0.717, 1.165) is 38.5 Å². The minimum Gasteiger partial charge on any atom is -0.299 e. The highest BCUT2D eigenvalue weighted by Crippen LogP contribution is 2.23. The van der Waals surface area contributed by atoms with E-state index < -0.39 is 5.92 Å². The monoisotopic (exact) mass is 251 g/mol. The van der Waals surface area contributed by atoms with Gasteiger partial charge in [-0.1, -0.05) is 19.3 Å². The zero-order valence-electron chi connectivity index (χ0n) is 10.8. The summed E-state index contributed by atoms with van der Waals surface area (Å²) in [5.74, 6) is -0.826. The fourth-order valence-corrected chi connectivity index (χ4v) is 2.82. The molecule has 0 aromatic heterocycles. The molecule has 0 spiro atoms. The van der Waals surface area contributed by atoms with E-state index in [0.29, 0.717) is 25.8 Å². The summed E-state index contributed by atoms with van der Waals surface area (Å²) in [6.45, 7) is 0.501. The lowest BCUT2D eigenvalue weighted by atomic mass is 9.97. The first-order chi connectivity index (χ1) is 8.70. The van der Waals surface area contributed by atoms with Crippen molar-refractivity contribution in [3.63, 3.8) is 0 Å². The van der Waals surface area contributed by atoms with Crippen LogP contribution in [0.3, 0.4) is 0 Å². The van der Waals surface area contributed by atoms with E-state index in [1.807, 2.05) is 0 Å². The predicted octanol–water partition coefficient (Wildman–Crippen LogP) is 2.06. The SMILES string of the molecule is O=C1CCCCCC1C(=O)N1CCCCCC1=O. The number of nitrogens with zero attached hydrogens (tertiary/aromatic N) is 1. The summed E-state index contributed by atoms with van der Waals surface area (Å²) in [6, 6.07) is 0. The summed E-state index contributed by atoms with van der Waals surface area (Å²) >= 11 is 0. The Morgan fingerprint density at radius 3 is 2.50 bits per heavy atom. The van der Waals surface area contributed by atoms with Crippen molar-refractivity contribution in [3.8, 4) is 0 Å². The number of hydrogen-bond acceptors (Lipinski definition) is 3. The Balaban J connectivity index is 2.08. The minimum absolute atomic E-state index is 0.0366. The Morgan fingerprint density at radius 2 is 1.67 bits per heavy atom. The van der Waals surface area contributed by atoms with E-state index in [4.69, 9.17) is 0 Å². The van der Waals surface area contributed by atoms with E-state index in [-0.39, 0.29) is 17.6 Å². The zero-order chi connectivity index (χ0) is 13.0. The third-order valence-corrected chi connectivity index (χ3v) is 3.94. The third kappa shape index (κ3) is 2.98. The van der Waals surface area contributed by atoms with Gasteiger partial charge in [-0.3, -0.25) is 19.3 Å². The van der Waals surface area contributed by atoms with Gasteiger partial charge in [0.05, 0.1) is 5.92 Å². The predicted molar refractivity (Wildman–Crippen MR) is 66.8 cm³/mol. The topological polar surface area (TPSA) is 54.5 Å². The van der Waals surface area contributed by atoms with E-state index >= 15 is 0 Å². The summed E-state index contributed by atoms with van der Waals surface area (Å²) in [4.78, 5) is 37.5. The number of Topliss-reactive ketones (excluding diaryl/α,β-unsaturated/α-hetero) is 1. The highest BCUT2D eigenvalue weighted by atomic mass is 16.2. The Kier molecular flexibility index (Phi) is 4.50. The number of rotatable bonds is 1. The first-order valence-electron chi connectivity index (χ1n) is 7.07. The molecule has 4 nitrogen and oxygen atoms in total. The molecule has 1 aliphatic carbocycles. The smallest absolute Gasteiger partial charge is 0.239 e. The second-order valence-electron chi connectivity index (χ2n) is 5.31. The lowest BCUT2D eigenvalue weighted by Gasteiger charge is -2.23. The lowest BCUT2D eigenvalue weighted by Crippen LogP contribution is -2.42. The number of ketones is 1. The van der Waals surface area contributed by atoms with Crippen LogP contribution in [-0.4, -0.2) is 29.0 Å². The molecule has 2 amide bonds. The summed E-state index contributed by atoms with van der Waals surface area (Å²) in [5.41, 5.74) is 0. The van der Waals surface area contributed by atoms with Gasteiger partial charge in [-0.25, -0.2) is 0 Å².